The zero-order valence-electron chi connectivity index (χ0n) is 23.6. The van der Waals surface area contributed by atoms with Gasteiger partial charge in [-0.25, -0.2) is 4.79 Å². The number of benzene rings is 3. The minimum Gasteiger partial charge on any atom is -0.449 e. The van der Waals surface area contributed by atoms with E-state index in [1.165, 1.54) is 22.3 Å². The molecule has 8 heteroatoms. The molecule has 0 bridgehead atoms. The highest BCUT2D eigenvalue weighted by molar-refractivity contribution is 6.56. The smallest absolute Gasteiger partial charge is 0.449 e. The number of carbonyl (C=O) groups is 1. The average molecular weight is 535 g/mol. The van der Waals surface area contributed by atoms with Crippen LogP contribution >= 0.6 is 0 Å². The number of rotatable bonds is 6. The minimum absolute atomic E-state index is 0.000272. The number of carbonyl (C=O) groups excluding carboxylic acids is 1. The van der Waals surface area contributed by atoms with Crippen LogP contribution in [0.3, 0.4) is 0 Å². The predicted octanol–water partition coefficient (Wildman–Crippen LogP) is 6.42. The number of nitrogens with one attached hydrogen (secondary N) is 2. The van der Waals surface area contributed by atoms with Gasteiger partial charge in [-0.1, -0.05) is 66.7 Å². The molecule has 1 saturated heterocycles. The first-order chi connectivity index (χ1) is 19.1. The lowest BCUT2D eigenvalue weighted by molar-refractivity contribution is 0.00578. The van der Waals surface area contributed by atoms with E-state index in [-0.39, 0.29) is 19.1 Å². The van der Waals surface area contributed by atoms with Crippen molar-refractivity contribution in [3.05, 3.63) is 94.6 Å². The third-order valence-electron chi connectivity index (χ3n) is 8.46. The molecule has 0 spiro atoms. The maximum atomic E-state index is 13.0. The third-order valence-corrected chi connectivity index (χ3v) is 8.46. The molecule has 2 aliphatic rings. The molecule has 204 valence electrons. The van der Waals surface area contributed by atoms with Crippen LogP contribution in [0.2, 0.25) is 0 Å². The lowest BCUT2D eigenvalue weighted by Gasteiger charge is -2.32. The van der Waals surface area contributed by atoms with Crippen molar-refractivity contribution in [1.82, 2.24) is 15.5 Å². The molecule has 1 aromatic heterocycles. The van der Waals surface area contributed by atoms with Crippen molar-refractivity contribution in [3.8, 4) is 11.1 Å². The van der Waals surface area contributed by atoms with Crippen LogP contribution in [0.1, 0.15) is 56.0 Å². The van der Waals surface area contributed by atoms with Gasteiger partial charge in [0.25, 0.3) is 0 Å². The number of amides is 1. The summed E-state index contributed by atoms with van der Waals surface area (Å²) in [4.78, 5) is 13.0. The summed E-state index contributed by atoms with van der Waals surface area (Å²) in [5, 5.41) is 11.4. The van der Waals surface area contributed by atoms with Crippen molar-refractivity contribution in [3.63, 3.8) is 0 Å². The van der Waals surface area contributed by atoms with Crippen molar-refractivity contribution in [2.45, 2.75) is 51.7 Å². The second kappa shape index (κ2) is 9.95. The highest BCUT2D eigenvalue weighted by Gasteiger charge is 2.52. The Bertz CT molecular complexity index is 1560. The Morgan fingerprint density at radius 1 is 1.00 bits per heavy atom. The summed E-state index contributed by atoms with van der Waals surface area (Å²) in [6.45, 7) is 10.5. The number of fused-ring (bicyclic) bond motifs is 4. The zero-order chi connectivity index (χ0) is 28.1. The van der Waals surface area contributed by atoms with Crippen LogP contribution in [0.25, 0.3) is 28.1 Å². The Kier molecular flexibility index (Phi) is 6.55. The van der Waals surface area contributed by atoms with Crippen molar-refractivity contribution in [2.24, 2.45) is 0 Å². The summed E-state index contributed by atoms with van der Waals surface area (Å²) in [7, 11) is -0.615. The molecular formula is C32H34BN3O4. The highest BCUT2D eigenvalue weighted by Crippen LogP contribution is 2.44. The molecule has 0 radical (unpaired) electrons. The van der Waals surface area contributed by atoms with Gasteiger partial charge in [-0.2, -0.15) is 5.10 Å². The number of aromatic nitrogens is 2. The van der Waals surface area contributed by atoms with Crippen molar-refractivity contribution in [1.29, 1.82) is 0 Å². The van der Waals surface area contributed by atoms with Gasteiger partial charge in [-0.05, 0) is 74.0 Å². The van der Waals surface area contributed by atoms with E-state index in [0.29, 0.717) is 0 Å². The summed E-state index contributed by atoms with van der Waals surface area (Å²) in [6.07, 6.45) is 1.51. The van der Waals surface area contributed by atoms with Crippen molar-refractivity contribution in [2.75, 3.05) is 13.2 Å². The second-order valence-electron chi connectivity index (χ2n) is 11.6. The van der Waals surface area contributed by atoms with Crippen LogP contribution in [-0.4, -0.2) is 47.8 Å². The monoisotopic (exact) mass is 535 g/mol. The van der Waals surface area contributed by atoms with E-state index in [0.717, 1.165) is 27.6 Å². The Morgan fingerprint density at radius 2 is 1.62 bits per heavy atom. The fraction of sp³-hybridized carbons (Fsp3) is 0.312. The van der Waals surface area contributed by atoms with Gasteiger partial charge in [-0.15, -0.1) is 0 Å². The van der Waals surface area contributed by atoms with E-state index in [1.807, 2.05) is 83.2 Å². The molecule has 0 unspecified atom stereocenters. The van der Waals surface area contributed by atoms with Crippen LogP contribution in [0.4, 0.5) is 4.79 Å². The fourth-order valence-corrected chi connectivity index (χ4v) is 5.49. The summed E-state index contributed by atoms with van der Waals surface area (Å²) in [5.74, 6) is 0.000272. The van der Waals surface area contributed by atoms with E-state index in [9.17, 15) is 4.79 Å². The number of alkyl carbamates (subject to hydrolysis) is 1. The van der Waals surface area contributed by atoms with E-state index < -0.39 is 24.4 Å². The number of ether oxygens (including phenoxy) is 1. The van der Waals surface area contributed by atoms with E-state index >= 15 is 0 Å². The summed E-state index contributed by atoms with van der Waals surface area (Å²) in [6, 6.07) is 22.7. The zero-order valence-corrected chi connectivity index (χ0v) is 23.6. The molecule has 4 aromatic rings. The van der Waals surface area contributed by atoms with E-state index in [4.69, 9.17) is 14.0 Å². The Morgan fingerprint density at radius 3 is 2.27 bits per heavy atom. The molecule has 6 rings (SSSR count). The molecule has 1 fully saturated rings. The lowest BCUT2D eigenvalue weighted by atomic mass is 9.77. The molecule has 40 heavy (non-hydrogen) atoms. The molecule has 1 aliphatic carbocycles. The van der Waals surface area contributed by atoms with Crippen LogP contribution < -0.4 is 5.32 Å². The largest absolute Gasteiger partial charge is 0.492 e. The Hall–Kier alpha value is -3.88. The van der Waals surface area contributed by atoms with Gasteiger partial charge in [0.2, 0.25) is 0 Å². The maximum Gasteiger partial charge on any atom is 0.492 e. The van der Waals surface area contributed by atoms with Gasteiger partial charge in [0.05, 0.1) is 16.7 Å². The Balaban J connectivity index is 1.19. The van der Waals surface area contributed by atoms with E-state index in [2.05, 4.69) is 39.8 Å². The molecular weight excluding hydrogens is 501 g/mol. The quantitative estimate of drug-likeness (QED) is 0.278. The SMILES string of the molecule is Cc1[nH]nc2cc(C=C(CNC(=O)OCC3c4ccccc4-c4ccccc43)B3OC(C)(C)C(C)(C)O3)ccc12. The number of hydrogen-bond acceptors (Lipinski definition) is 5. The first-order valence-electron chi connectivity index (χ1n) is 13.7. The molecule has 1 amide bonds. The molecule has 7 nitrogen and oxygen atoms in total. The maximum absolute atomic E-state index is 13.0. The standard InChI is InChI=1S/C32H34BN3O4/c1-20-23-15-14-21(17-29(23)36-35-20)16-22(33-39-31(2,3)32(4,5)40-33)18-34-30(37)38-19-28-26-12-8-6-10-24(26)25-11-7-9-13-27(25)28/h6-17,28H,18-19H2,1-5H3,(H,34,37)(H,35,36). The normalized spacial score (nSPS) is 17.6. The first-order valence-corrected chi connectivity index (χ1v) is 13.7. The molecule has 2 heterocycles. The van der Waals surface area contributed by atoms with Gasteiger partial charge in [-0.3, -0.25) is 5.10 Å². The summed E-state index contributed by atoms with van der Waals surface area (Å²) >= 11 is 0. The molecule has 3 aromatic carbocycles. The molecule has 2 N–H and O–H groups in total. The Labute approximate surface area is 235 Å². The van der Waals surface area contributed by atoms with E-state index in [1.54, 1.807) is 0 Å². The molecule has 1 aliphatic heterocycles. The summed E-state index contributed by atoms with van der Waals surface area (Å²) < 4.78 is 18.4. The van der Waals surface area contributed by atoms with Crippen molar-refractivity contribution >= 4 is 30.2 Å². The first kappa shape index (κ1) is 26.4. The topological polar surface area (TPSA) is 85.5 Å². The van der Waals surface area contributed by atoms with Crippen LogP contribution in [0.5, 0.6) is 0 Å². The summed E-state index contributed by atoms with van der Waals surface area (Å²) in [5.41, 5.74) is 7.36. The number of nitrogens with zero attached hydrogens (tertiary/aromatic N) is 1. The number of H-pyrrole nitrogens is 1. The van der Waals surface area contributed by atoms with Crippen LogP contribution in [0.15, 0.2) is 72.2 Å². The molecule has 0 atom stereocenters. The van der Waals surface area contributed by atoms with Crippen molar-refractivity contribution < 1.29 is 18.8 Å². The minimum atomic E-state index is -0.615. The van der Waals surface area contributed by atoms with Gasteiger partial charge < -0.3 is 19.4 Å². The number of hydrogen-bond donors (Lipinski definition) is 2. The number of aryl methyl sites for hydroxylation is 1. The third kappa shape index (κ3) is 4.71. The number of aromatic amines is 1. The fourth-order valence-electron chi connectivity index (χ4n) is 5.49. The van der Waals surface area contributed by atoms with Gasteiger partial charge >= 0.3 is 13.2 Å². The van der Waals surface area contributed by atoms with Gasteiger partial charge in [0.1, 0.15) is 6.61 Å². The van der Waals surface area contributed by atoms with Gasteiger partial charge in [0.15, 0.2) is 0 Å². The average Bonchev–Trinajstić information content (AvgIpc) is 3.53. The highest BCUT2D eigenvalue weighted by atomic mass is 16.7. The lowest BCUT2D eigenvalue weighted by Crippen LogP contribution is -2.41. The van der Waals surface area contributed by atoms with Gasteiger partial charge in [0, 0.05) is 23.5 Å². The van der Waals surface area contributed by atoms with Crippen LogP contribution in [-0.2, 0) is 14.0 Å². The van der Waals surface area contributed by atoms with Crippen LogP contribution in [0, 0.1) is 6.92 Å². The predicted molar refractivity (Wildman–Crippen MR) is 158 cm³/mol. The second-order valence-corrected chi connectivity index (χ2v) is 11.6. The molecule has 0 saturated carbocycles.